The van der Waals surface area contributed by atoms with Crippen LogP contribution in [-0.4, -0.2) is 9.55 Å². The summed E-state index contributed by atoms with van der Waals surface area (Å²) in [6.07, 6.45) is 6.54. The highest BCUT2D eigenvalue weighted by Crippen LogP contribution is 2.39. The second-order valence-corrected chi connectivity index (χ2v) is 5.67. The number of nitrogens with zero attached hydrogens (tertiary/aromatic N) is 2. The molecule has 22 heavy (non-hydrogen) atoms. The lowest BCUT2D eigenvalue weighted by atomic mass is 10.2. The lowest BCUT2D eigenvalue weighted by Gasteiger charge is -2.07. The molecule has 1 radical (unpaired) electrons. The molecule has 0 N–H and O–H groups in total. The highest BCUT2D eigenvalue weighted by Gasteiger charge is 2.25. The summed E-state index contributed by atoms with van der Waals surface area (Å²) in [5.41, 5.74) is 3.42. The molecule has 0 unspecified atom stereocenters. The van der Waals surface area contributed by atoms with Crippen molar-refractivity contribution in [2.75, 3.05) is 0 Å². The Hall–Kier alpha value is -2.55. The fraction of sp³-hybridized carbons (Fsp3) is 0.211. The van der Waals surface area contributed by atoms with E-state index in [2.05, 4.69) is 29.4 Å². The summed E-state index contributed by atoms with van der Waals surface area (Å²) in [6.45, 7) is 0.563. The third-order valence-corrected chi connectivity index (χ3v) is 3.90. The molecule has 1 aliphatic rings. The monoisotopic (exact) mass is 289 g/mol. The first-order valence-corrected chi connectivity index (χ1v) is 7.61. The quantitative estimate of drug-likeness (QED) is 0.706. The molecule has 0 saturated heterocycles. The van der Waals surface area contributed by atoms with Crippen molar-refractivity contribution in [2.45, 2.75) is 25.4 Å². The smallest absolute Gasteiger partial charge is 0.127 e. The fourth-order valence-electron chi connectivity index (χ4n) is 2.46. The van der Waals surface area contributed by atoms with Gasteiger partial charge in [-0.05, 0) is 36.6 Å². The lowest BCUT2D eigenvalue weighted by Crippen LogP contribution is -1.96. The van der Waals surface area contributed by atoms with Gasteiger partial charge in [0, 0.05) is 23.9 Å². The van der Waals surface area contributed by atoms with E-state index in [0.717, 1.165) is 17.0 Å². The van der Waals surface area contributed by atoms with Gasteiger partial charge in [0.2, 0.25) is 0 Å². The van der Waals surface area contributed by atoms with Crippen LogP contribution in [0.15, 0.2) is 61.1 Å². The molecular formula is C19H17N2O. The molecule has 0 spiro atoms. The third-order valence-electron chi connectivity index (χ3n) is 3.90. The number of imidazole rings is 1. The minimum Gasteiger partial charge on any atom is -0.488 e. The normalized spacial score (nSPS) is 14.0. The van der Waals surface area contributed by atoms with Crippen molar-refractivity contribution in [3.05, 3.63) is 78.4 Å². The second-order valence-electron chi connectivity index (χ2n) is 5.67. The van der Waals surface area contributed by atoms with Gasteiger partial charge in [0.15, 0.2) is 0 Å². The van der Waals surface area contributed by atoms with Gasteiger partial charge in [0.05, 0.1) is 12.0 Å². The van der Waals surface area contributed by atoms with E-state index in [1.54, 1.807) is 0 Å². The molecule has 1 fully saturated rings. The Morgan fingerprint density at radius 1 is 1.14 bits per heavy atom. The van der Waals surface area contributed by atoms with E-state index in [1.165, 1.54) is 18.5 Å². The molecule has 1 heterocycles. The first-order valence-electron chi connectivity index (χ1n) is 7.61. The topological polar surface area (TPSA) is 27.1 Å². The van der Waals surface area contributed by atoms with Gasteiger partial charge < -0.3 is 9.30 Å². The Kier molecular flexibility index (Phi) is 3.39. The van der Waals surface area contributed by atoms with Crippen LogP contribution < -0.4 is 4.74 Å². The van der Waals surface area contributed by atoms with E-state index in [9.17, 15) is 0 Å². The van der Waals surface area contributed by atoms with Crippen LogP contribution in [-0.2, 0) is 6.61 Å². The van der Waals surface area contributed by atoms with Gasteiger partial charge in [-0.25, -0.2) is 4.98 Å². The van der Waals surface area contributed by atoms with Crippen LogP contribution in [0.5, 0.6) is 5.75 Å². The van der Waals surface area contributed by atoms with E-state index in [-0.39, 0.29) is 0 Å². The SMILES string of the molecule is [c]1cc(-n2cnc(C3CC3)c2)ccc1OCc1ccccc1. The summed E-state index contributed by atoms with van der Waals surface area (Å²) < 4.78 is 7.80. The average Bonchev–Trinajstić information content (AvgIpc) is 3.32. The minimum absolute atomic E-state index is 0.563. The van der Waals surface area contributed by atoms with Gasteiger partial charge in [-0.3, -0.25) is 0 Å². The van der Waals surface area contributed by atoms with E-state index in [4.69, 9.17) is 4.74 Å². The second kappa shape index (κ2) is 5.68. The highest BCUT2D eigenvalue weighted by atomic mass is 16.5. The van der Waals surface area contributed by atoms with Crippen molar-refractivity contribution >= 4 is 0 Å². The summed E-state index contributed by atoms with van der Waals surface area (Å²) in [7, 11) is 0. The van der Waals surface area contributed by atoms with Gasteiger partial charge in [-0.15, -0.1) is 0 Å². The van der Waals surface area contributed by atoms with Crippen LogP contribution in [0.4, 0.5) is 0 Å². The molecule has 109 valence electrons. The van der Waals surface area contributed by atoms with Crippen LogP contribution >= 0.6 is 0 Å². The lowest BCUT2D eigenvalue weighted by molar-refractivity contribution is 0.305. The zero-order valence-corrected chi connectivity index (χ0v) is 12.3. The molecule has 2 aromatic carbocycles. The molecule has 1 aromatic heterocycles. The summed E-state index contributed by atoms with van der Waals surface area (Å²) in [5.74, 6) is 1.44. The maximum Gasteiger partial charge on any atom is 0.127 e. The Labute approximate surface area is 130 Å². The number of hydrogen-bond donors (Lipinski definition) is 0. The standard InChI is InChI=1S/C19H17N2O/c1-2-4-15(5-3-1)13-22-18-10-8-17(9-11-18)21-12-19(20-14-21)16-6-7-16/h1-5,8-10,12,14,16H,6-7,13H2. The van der Waals surface area contributed by atoms with E-state index in [1.807, 2.05) is 47.3 Å². The zero-order chi connectivity index (χ0) is 14.8. The van der Waals surface area contributed by atoms with E-state index >= 15 is 0 Å². The molecular weight excluding hydrogens is 272 g/mol. The van der Waals surface area contributed by atoms with Crippen LogP contribution in [0.3, 0.4) is 0 Å². The van der Waals surface area contributed by atoms with Crippen LogP contribution in [0.1, 0.15) is 30.0 Å². The highest BCUT2D eigenvalue weighted by molar-refractivity contribution is 5.37. The van der Waals surface area contributed by atoms with Gasteiger partial charge in [-0.2, -0.15) is 0 Å². The molecule has 3 aromatic rings. The Morgan fingerprint density at radius 2 is 2.00 bits per heavy atom. The van der Waals surface area contributed by atoms with Gasteiger partial charge in [0.1, 0.15) is 12.4 Å². The van der Waals surface area contributed by atoms with Crippen molar-refractivity contribution in [3.8, 4) is 11.4 Å². The van der Waals surface area contributed by atoms with E-state index < -0.39 is 0 Å². The van der Waals surface area contributed by atoms with Crippen molar-refractivity contribution in [2.24, 2.45) is 0 Å². The number of rotatable bonds is 5. The molecule has 1 saturated carbocycles. The first kappa shape index (κ1) is 13.1. The third kappa shape index (κ3) is 2.89. The Bertz CT molecular complexity index is 743. The minimum atomic E-state index is 0.563. The van der Waals surface area contributed by atoms with Crippen molar-refractivity contribution < 1.29 is 4.74 Å². The maximum atomic E-state index is 5.76. The number of aromatic nitrogens is 2. The number of benzene rings is 2. The predicted octanol–water partition coefficient (Wildman–Crippen LogP) is 4.13. The Morgan fingerprint density at radius 3 is 2.73 bits per heavy atom. The van der Waals surface area contributed by atoms with Crippen LogP contribution in [0, 0.1) is 6.07 Å². The van der Waals surface area contributed by atoms with Crippen LogP contribution in [0.25, 0.3) is 5.69 Å². The molecule has 3 nitrogen and oxygen atoms in total. The largest absolute Gasteiger partial charge is 0.488 e. The van der Waals surface area contributed by atoms with E-state index in [0.29, 0.717) is 12.5 Å². The maximum absolute atomic E-state index is 5.76. The summed E-state index contributed by atoms with van der Waals surface area (Å²) in [5, 5.41) is 0. The molecule has 0 amide bonds. The summed E-state index contributed by atoms with van der Waals surface area (Å²) in [6, 6.07) is 19.3. The van der Waals surface area contributed by atoms with Crippen molar-refractivity contribution in [1.82, 2.24) is 9.55 Å². The number of hydrogen-bond acceptors (Lipinski definition) is 2. The molecule has 3 heteroatoms. The van der Waals surface area contributed by atoms with Gasteiger partial charge >= 0.3 is 0 Å². The first-order chi connectivity index (χ1) is 10.9. The molecule has 0 atom stereocenters. The summed E-state index contributed by atoms with van der Waals surface area (Å²) in [4.78, 5) is 4.47. The molecule has 0 bridgehead atoms. The molecule has 4 rings (SSSR count). The van der Waals surface area contributed by atoms with Crippen LogP contribution in [0.2, 0.25) is 0 Å². The Balaban J connectivity index is 1.43. The van der Waals surface area contributed by atoms with Crippen molar-refractivity contribution in [3.63, 3.8) is 0 Å². The van der Waals surface area contributed by atoms with Crippen molar-refractivity contribution in [1.29, 1.82) is 0 Å². The number of ether oxygens (including phenoxy) is 1. The fourth-order valence-corrected chi connectivity index (χ4v) is 2.46. The summed E-state index contributed by atoms with van der Waals surface area (Å²) >= 11 is 0. The molecule has 0 aliphatic heterocycles. The van der Waals surface area contributed by atoms with Gasteiger partial charge in [0.25, 0.3) is 0 Å². The van der Waals surface area contributed by atoms with Gasteiger partial charge in [-0.1, -0.05) is 30.3 Å². The predicted molar refractivity (Wildman–Crippen MR) is 85.1 cm³/mol. The average molecular weight is 289 g/mol. The molecule has 1 aliphatic carbocycles. The zero-order valence-electron chi connectivity index (χ0n) is 12.3.